The number of amides is 1. The van der Waals surface area contributed by atoms with Crippen molar-refractivity contribution in [1.82, 2.24) is 4.90 Å². The van der Waals surface area contributed by atoms with Gasteiger partial charge in [0.2, 0.25) is 5.91 Å². The van der Waals surface area contributed by atoms with Crippen molar-refractivity contribution in [2.45, 2.75) is 25.3 Å². The molecule has 1 aromatic rings. The lowest BCUT2D eigenvalue weighted by atomic mass is 10.1. The molecule has 126 valence electrons. The van der Waals surface area contributed by atoms with Crippen molar-refractivity contribution in [3.8, 4) is 12.1 Å². The second-order valence-electron chi connectivity index (χ2n) is 5.58. The molecule has 0 radical (unpaired) electrons. The molecule has 7 heteroatoms. The van der Waals surface area contributed by atoms with E-state index in [2.05, 4.69) is 11.4 Å². The minimum absolute atomic E-state index is 0.166. The van der Waals surface area contributed by atoms with Gasteiger partial charge >= 0.3 is 0 Å². The lowest BCUT2D eigenvalue weighted by Crippen LogP contribution is -2.44. The van der Waals surface area contributed by atoms with Gasteiger partial charge < -0.3 is 10.1 Å². The van der Waals surface area contributed by atoms with Crippen molar-refractivity contribution in [3.05, 3.63) is 28.8 Å². The molecular formula is C17H19ClN4O2. The highest BCUT2D eigenvalue weighted by atomic mass is 35.5. The van der Waals surface area contributed by atoms with Crippen LogP contribution >= 0.6 is 11.6 Å². The number of benzene rings is 1. The van der Waals surface area contributed by atoms with Crippen LogP contribution < -0.4 is 5.32 Å². The van der Waals surface area contributed by atoms with Gasteiger partial charge in [0.1, 0.15) is 6.07 Å². The van der Waals surface area contributed by atoms with E-state index >= 15 is 0 Å². The molecule has 0 unspecified atom stereocenters. The first-order valence-corrected chi connectivity index (χ1v) is 8.20. The van der Waals surface area contributed by atoms with Crippen molar-refractivity contribution >= 4 is 23.2 Å². The van der Waals surface area contributed by atoms with Crippen LogP contribution in [-0.4, -0.2) is 43.2 Å². The van der Waals surface area contributed by atoms with Crippen LogP contribution in [0.2, 0.25) is 5.02 Å². The van der Waals surface area contributed by atoms with Crippen LogP contribution in [-0.2, 0) is 9.53 Å². The molecule has 1 aliphatic heterocycles. The second kappa shape index (κ2) is 9.24. The van der Waals surface area contributed by atoms with Crippen LogP contribution in [0, 0.1) is 22.7 Å². The molecule has 0 aliphatic carbocycles. The summed E-state index contributed by atoms with van der Waals surface area (Å²) in [5.41, 5.74) is 0.920. The number of anilines is 1. The van der Waals surface area contributed by atoms with Gasteiger partial charge in [-0.15, -0.1) is 0 Å². The molecule has 1 N–H and O–H groups in total. The van der Waals surface area contributed by atoms with Crippen LogP contribution in [0.5, 0.6) is 0 Å². The monoisotopic (exact) mass is 346 g/mol. The maximum Gasteiger partial charge on any atom is 0.238 e. The van der Waals surface area contributed by atoms with Crippen LogP contribution in [0.1, 0.15) is 24.8 Å². The fraction of sp³-hybridized carbons (Fsp3) is 0.471. The zero-order valence-corrected chi connectivity index (χ0v) is 14.1. The Morgan fingerprint density at radius 2 is 2.12 bits per heavy atom. The van der Waals surface area contributed by atoms with E-state index < -0.39 is 0 Å². The number of nitrogens with one attached hydrogen (secondary N) is 1. The van der Waals surface area contributed by atoms with E-state index in [4.69, 9.17) is 26.9 Å². The zero-order valence-electron chi connectivity index (χ0n) is 13.3. The third-order valence-electron chi connectivity index (χ3n) is 3.94. The van der Waals surface area contributed by atoms with Crippen LogP contribution in [0.15, 0.2) is 18.2 Å². The van der Waals surface area contributed by atoms with Crippen molar-refractivity contribution < 1.29 is 9.53 Å². The van der Waals surface area contributed by atoms with Crippen LogP contribution in [0.4, 0.5) is 5.69 Å². The molecule has 0 saturated carbocycles. The minimum Gasteiger partial charge on any atom is -0.381 e. The molecule has 1 fully saturated rings. The van der Waals surface area contributed by atoms with Crippen LogP contribution in [0.3, 0.4) is 0 Å². The van der Waals surface area contributed by atoms with Crippen molar-refractivity contribution in [2.24, 2.45) is 0 Å². The van der Waals surface area contributed by atoms with Crippen molar-refractivity contribution in [1.29, 1.82) is 10.5 Å². The highest BCUT2D eigenvalue weighted by Gasteiger charge is 2.23. The molecule has 6 nitrogen and oxygen atoms in total. The summed E-state index contributed by atoms with van der Waals surface area (Å²) >= 11 is 5.97. The minimum atomic E-state index is -0.166. The van der Waals surface area contributed by atoms with Crippen molar-refractivity contribution in [2.75, 3.05) is 31.6 Å². The predicted octanol–water partition coefficient (Wildman–Crippen LogP) is 2.54. The van der Waals surface area contributed by atoms with E-state index in [0.29, 0.717) is 42.5 Å². The first kappa shape index (κ1) is 18.2. The summed E-state index contributed by atoms with van der Waals surface area (Å²) in [4.78, 5) is 14.4. The summed E-state index contributed by atoms with van der Waals surface area (Å²) < 4.78 is 5.36. The molecule has 1 amide bonds. The smallest absolute Gasteiger partial charge is 0.238 e. The summed E-state index contributed by atoms with van der Waals surface area (Å²) in [7, 11) is 0. The Labute approximate surface area is 146 Å². The molecular weight excluding hydrogens is 328 g/mol. The number of nitriles is 2. The summed E-state index contributed by atoms with van der Waals surface area (Å²) in [5, 5.41) is 20.8. The molecule has 2 rings (SSSR count). The fourth-order valence-corrected chi connectivity index (χ4v) is 2.93. The first-order chi connectivity index (χ1) is 11.6. The molecule has 0 spiro atoms. The van der Waals surface area contributed by atoms with E-state index in [9.17, 15) is 4.79 Å². The Balaban J connectivity index is 1.97. The zero-order chi connectivity index (χ0) is 17.4. The quantitative estimate of drug-likeness (QED) is 0.855. The maximum atomic E-state index is 12.3. The molecule has 0 bridgehead atoms. The first-order valence-electron chi connectivity index (χ1n) is 7.82. The van der Waals surface area contributed by atoms with Gasteiger partial charge in [0.15, 0.2) is 0 Å². The SMILES string of the molecule is N#CCCN(CC(=O)Nc1ccc(C#N)c(Cl)c1)C1CCOCC1. The van der Waals surface area contributed by atoms with Crippen molar-refractivity contribution in [3.63, 3.8) is 0 Å². The van der Waals surface area contributed by atoms with E-state index in [1.54, 1.807) is 18.2 Å². The normalized spacial score (nSPS) is 14.8. The fourth-order valence-electron chi connectivity index (χ4n) is 2.70. The molecule has 1 aromatic carbocycles. The van der Waals surface area contributed by atoms with Gasteiger partial charge in [0, 0.05) is 37.9 Å². The van der Waals surface area contributed by atoms with Crippen LogP contribution in [0.25, 0.3) is 0 Å². The van der Waals surface area contributed by atoms with Gasteiger partial charge in [-0.3, -0.25) is 9.69 Å². The van der Waals surface area contributed by atoms with Gasteiger partial charge in [-0.2, -0.15) is 10.5 Å². The van der Waals surface area contributed by atoms with Gasteiger partial charge in [-0.05, 0) is 31.0 Å². The van der Waals surface area contributed by atoms with Gasteiger partial charge in [-0.25, -0.2) is 0 Å². The number of ether oxygens (including phenoxy) is 1. The Morgan fingerprint density at radius 1 is 1.38 bits per heavy atom. The second-order valence-corrected chi connectivity index (χ2v) is 5.98. The molecule has 0 aromatic heterocycles. The number of nitrogens with zero attached hydrogens (tertiary/aromatic N) is 3. The molecule has 1 saturated heterocycles. The van der Waals surface area contributed by atoms with E-state index in [0.717, 1.165) is 12.8 Å². The van der Waals surface area contributed by atoms with Gasteiger partial charge in [0.25, 0.3) is 0 Å². The van der Waals surface area contributed by atoms with E-state index in [1.807, 2.05) is 11.0 Å². The number of halogens is 1. The summed E-state index contributed by atoms with van der Waals surface area (Å²) in [5.74, 6) is -0.166. The third kappa shape index (κ3) is 5.21. The highest BCUT2D eigenvalue weighted by molar-refractivity contribution is 6.32. The third-order valence-corrected chi connectivity index (χ3v) is 4.25. The number of hydrogen-bond donors (Lipinski definition) is 1. The Kier molecular flexibility index (Phi) is 7.02. The molecule has 24 heavy (non-hydrogen) atoms. The lowest BCUT2D eigenvalue weighted by molar-refractivity contribution is -0.118. The number of rotatable bonds is 6. The summed E-state index contributed by atoms with van der Waals surface area (Å²) in [6.45, 7) is 2.13. The molecule has 1 aliphatic rings. The maximum absolute atomic E-state index is 12.3. The molecule has 1 heterocycles. The number of carbonyl (C=O) groups is 1. The number of hydrogen-bond acceptors (Lipinski definition) is 5. The Morgan fingerprint density at radius 3 is 2.75 bits per heavy atom. The average molecular weight is 347 g/mol. The Bertz CT molecular complexity index is 660. The summed E-state index contributed by atoms with van der Waals surface area (Å²) in [6, 6.07) is 9.14. The standard InChI is InChI=1S/C17H19ClN4O2/c18-16-10-14(3-2-13(16)11-20)21-17(23)12-22(7-1-6-19)15-4-8-24-9-5-15/h2-3,10,15H,1,4-5,7-9,12H2,(H,21,23). The highest BCUT2D eigenvalue weighted by Crippen LogP contribution is 2.20. The van der Waals surface area contributed by atoms with Gasteiger partial charge in [-0.1, -0.05) is 11.6 Å². The average Bonchev–Trinajstić information content (AvgIpc) is 2.59. The largest absolute Gasteiger partial charge is 0.381 e. The topological polar surface area (TPSA) is 89.2 Å². The molecule has 0 atom stereocenters. The number of carbonyl (C=O) groups excluding carboxylic acids is 1. The summed E-state index contributed by atoms with van der Waals surface area (Å²) in [6.07, 6.45) is 2.11. The lowest BCUT2D eigenvalue weighted by Gasteiger charge is -2.33. The van der Waals surface area contributed by atoms with E-state index in [-0.39, 0.29) is 18.5 Å². The van der Waals surface area contributed by atoms with E-state index in [1.165, 1.54) is 0 Å². The predicted molar refractivity (Wildman–Crippen MR) is 90.4 cm³/mol. The Hall–Kier alpha value is -2.12. The van der Waals surface area contributed by atoms with Gasteiger partial charge in [0.05, 0.1) is 23.2 Å².